The zero-order valence-electron chi connectivity index (χ0n) is 32.4. The number of hydrogen-bond donors (Lipinski definition) is 0. The van der Waals surface area contributed by atoms with Gasteiger partial charge in [0.05, 0.1) is 0 Å². The van der Waals surface area contributed by atoms with Crippen LogP contribution in [0.4, 0.5) is 0 Å². The molecule has 0 saturated heterocycles. The molecule has 0 spiro atoms. The fourth-order valence-electron chi connectivity index (χ4n) is 7.20. The molecule has 0 heterocycles. The van der Waals surface area contributed by atoms with Crippen LogP contribution in [0.3, 0.4) is 0 Å². The first kappa shape index (κ1) is 48.9. The number of unbranched alkanes of at least 4 members (excludes halogenated alkanes) is 31. The molecule has 0 aromatic carbocycles. The molecule has 0 aliphatic rings. The van der Waals surface area contributed by atoms with Crippen molar-refractivity contribution in [3.05, 3.63) is 12.7 Å². The van der Waals surface area contributed by atoms with Crippen molar-refractivity contribution in [3.8, 4) is 0 Å². The molecule has 0 bridgehead atoms. The summed E-state index contributed by atoms with van der Waals surface area (Å²) in [4.78, 5) is 0. The van der Waals surface area contributed by atoms with Crippen LogP contribution in [0.25, 0.3) is 0 Å². The molecule has 0 N–H and O–H groups in total. The van der Waals surface area contributed by atoms with Crippen molar-refractivity contribution in [2.45, 2.75) is 251 Å². The molecule has 2 heteroatoms. The Morgan fingerprint density at radius 1 is 0.370 bits per heavy atom. The van der Waals surface area contributed by atoms with Crippen LogP contribution in [0.15, 0.2) is 12.7 Å². The Morgan fingerprint density at radius 3 is 0.870 bits per heavy atom. The predicted octanol–water partition coefficient (Wildman–Crippen LogP) is 16.9. The first-order valence-electron chi connectivity index (χ1n) is 21.7. The van der Waals surface area contributed by atoms with E-state index in [4.69, 9.17) is 0 Å². The standard InChI is InChI=1S/C44H89P.V/c1-4-7-9-11-13-14-15-16-17-18-19-20-21-22-25-29-33-37-42-45-43-38-34-30-26-23-24-28-32-36-41-44(39-6-3)40-35-31-27-12-10-8-5-2;/h6,44-45H,3-5,7-43H2,1-2H3;. The Kier molecular flexibility index (Phi) is 48.6. The van der Waals surface area contributed by atoms with Crippen molar-refractivity contribution in [1.29, 1.82) is 0 Å². The zero-order valence-corrected chi connectivity index (χ0v) is 34.8. The van der Waals surface area contributed by atoms with E-state index in [2.05, 4.69) is 26.5 Å². The SMILES string of the molecule is C=CCC(CCCCCCCCC)CCCCCCCCCCCPCCCCCCCCCCCCCCCCCCCC.[V]. The van der Waals surface area contributed by atoms with Crippen LogP contribution in [0.1, 0.15) is 251 Å². The molecule has 0 fully saturated rings. The Labute approximate surface area is 308 Å². The van der Waals surface area contributed by atoms with Crippen molar-refractivity contribution in [2.24, 2.45) is 5.92 Å². The molecule has 0 aromatic rings. The van der Waals surface area contributed by atoms with Gasteiger partial charge in [0.1, 0.15) is 0 Å². The summed E-state index contributed by atoms with van der Waals surface area (Å²) in [7, 11) is 1.24. The molecule has 0 saturated carbocycles. The van der Waals surface area contributed by atoms with Gasteiger partial charge in [-0.1, -0.05) is 238 Å². The van der Waals surface area contributed by atoms with Crippen LogP contribution in [-0.2, 0) is 18.6 Å². The van der Waals surface area contributed by atoms with Crippen LogP contribution in [0.5, 0.6) is 0 Å². The largest absolute Gasteiger partial charge is 0.122 e. The molecule has 0 aliphatic carbocycles. The molecule has 0 aromatic heterocycles. The third kappa shape index (κ3) is 42.8. The minimum absolute atomic E-state index is 0. The van der Waals surface area contributed by atoms with E-state index in [9.17, 15) is 0 Å². The molecular weight excluding hydrogens is 610 g/mol. The predicted molar refractivity (Wildman–Crippen MR) is 214 cm³/mol. The number of rotatable bonds is 41. The maximum Gasteiger partial charge on any atom is 0 e. The van der Waals surface area contributed by atoms with E-state index in [0.717, 1.165) is 5.92 Å². The van der Waals surface area contributed by atoms with Gasteiger partial charge in [-0.2, -0.15) is 0 Å². The quantitative estimate of drug-likeness (QED) is 0.0339. The minimum Gasteiger partial charge on any atom is -0.122 e. The van der Waals surface area contributed by atoms with Crippen molar-refractivity contribution in [2.75, 3.05) is 12.3 Å². The first-order valence-corrected chi connectivity index (χ1v) is 23.1. The van der Waals surface area contributed by atoms with Crippen LogP contribution < -0.4 is 0 Å². The summed E-state index contributed by atoms with van der Waals surface area (Å²) in [5.74, 6) is 0.914. The molecule has 0 rings (SSSR count). The van der Waals surface area contributed by atoms with Crippen molar-refractivity contribution in [1.82, 2.24) is 0 Å². The monoisotopic (exact) mass is 700 g/mol. The summed E-state index contributed by atoms with van der Waals surface area (Å²) in [5.41, 5.74) is 0. The number of allylic oxidation sites excluding steroid dienone is 1. The number of hydrogen-bond acceptors (Lipinski definition) is 0. The van der Waals surface area contributed by atoms with Gasteiger partial charge in [0.2, 0.25) is 0 Å². The van der Waals surface area contributed by atoms with Gasteiger partial charge in [0, 0.05) is 18.6 Å². The van der Waals surface area contributed by atoms with Crippen LogP contribution in [-0.4, -0.2) is 12.3 Å². The van der Waals surface area contributed by atoms with Gasteiger partial charge in [-0.3, -0.25) is 0 Å². The zero-order chi connectivity index (χ0) is 32.6. The van der Waals surface area contributed by atoms with Gasteiger partial charge < -0.3 is 0 Å². The average Bonchev–Trinajstić information content (AvgIpc) is 3.05. The van der Waals surface area contributed by atoms with Gasteiger partial charge >= 0.3 is 0 Å². The minimum atomic E-state index is 0. The smallest absolute Gasteiger partial charge is 0 e. The summed E-state index contributed by atoms with van der Waals surface area (Å²) < 4.78 is 0. The van der Waals surface area contributed by atoms with Gasteiger partial charge in [-0.05, 0) is 37.5 Å². The van der Waals surface area contributed by atoms with Crippen molar-refractivity contribution in [3.63, 3.8) is 0 Å². The molecular formula is C44H89PV. The third-order valence-electron chi connectivity index (χ3n) is 10.4. The average molecular weight is 700 g/mol. The van der Waals surface area contributed by atoms with E-state index >= 15 is 0 Å². The Morgan fingerprint density at radius 2 is 0.609 bits per heavy atom. The summed E-state index contributed by atoms with van der Waals surface area (Å²) in [6, 6.07) is 0. The Bertz CT molecular complexity index is 520. The molecule has 2 atom stereocenters. The molecule has 0 nitrogen and oxygen atoms in total. The Balaban J connectivity index is 0. The van der Waals surface area contributed by atoms with Crippen molar-refractivity contribution < 1.29 is 18.6 Å². The van der Waals surface area contributed by atoms with E-state index in [1.165, 1.54) is 258 Å². The van der Waals surface area contributed by atoms with E-state index in [1.54, 1.807) is 0 Å². The van der Waals surface area contributed by atoms with E-state index < -0.39 is 0 Å². The third-order valence-corrected chi connectivity index (χ3v) is 11.8. The summed E-state index contributed by atoms with van der Waals surface area (Å²) in [6.07, 6.45) is 59.4. The van der Waals surface area contributed by atoms with Crippen molar-refractivity contribution >= 4 is 8.58 Å². The fourth-order valence-corrected chi connectivity index (χ4v) is 8.45. The van der Waals surface area contributed by atoms with Crippen LogP contribution in [0.2, 0.25) is 0 Å². The topological polar surface area (TPSA) is 0 Å². The van der Waals surface area contributed by atoms with Gasteiger partial charge in [0.15, 0.2) is 0 Å². The molecule has 1 radical (unpaired) electrons. The normalized spacial score (nSPS) is 12.2. The van der Waals surface area contributed by atoms with E-state index in [0.29, 0.717) is 0 Å². The summed E-state index contributed by atoms with van der Waals surface area (Å²) in [6.45, 7) is 8.65. The second-order valence-electron chi connectivity index (χ2n) is 15.0. The van der Waals surface area contributed by atoms with Crippen LogP contribution in [0, 0.1) is 5.92 Å². The molecule has 0 amide bonds. The fraction of sp³-hybridized carbons (Fsp3) is 0.955. The molecule has 46 heavy (non-hydrogen) atoms. The molecule has 275 valence electrons. The molecule has 2 unspecified atom stereocenters. The second-order valence-corrected chi connectivity index (χ2v) is 16.5. The van der Waals surface area contributed by atoms with Gasteiger partial charge in [0.25, 0.3) is 0 Å². The first-order chi connectivity index (χ1) is 22.3. The van der Waals surface area contributed by atoms with Crippen LogP contribution >= 0.6 is 8.58 Å². The summed E-state index contributed by atoms with van der Waals surface area (Å²) >= 11 is 0. The van der Waals surface area contributed by atoms with Gasteiger partial charge in [-0.25, -0.2) is 0 Å². The van der Waals surface area contributed by atoms with Gasteiger partial charge in [-0.15, -0.1) is 15.2 Å². The maximum atomic E-state index is 4.03. The van der Waals surface area contributed by atoms with E-state index in [1.807, 2.05) is 0 Å². The maximum absolute atomic E-state index is 4.03. The second kappa shape index (κ2) is 45.8. The van der Waals surface area contributed by atoms with E-state index in [-0.39, 0.29) is 18.6 Å². The molecule has 0 aliphatic heterocycles. The Hall–Kier alpha value is 0.754. The summed E-state index contributed by atoms with van der Waals surface area (Å²) in [5, 5.41) is 0.